The second-order valence-electron chi connectivity index (χ2n) is 5.54. The normalized spacial score (nSPS) is 10.7. The van der Waals surface area contributed by atoms with E-state index in [4.69, 9.17) is 0 Å². The summed E-state index contributed by atoms with van der Waals surface area (Å²) < 4.78 is 15.4. The molecular formula is C18H16FN2OS-. The highest BCUT2D eigenvalue weighted by Crippen LogP contribution is 2.23. The molecule has 5 heteroatoms. The first-order chi connectivity index (χ1) is 11.0. The fraction of sp³-hybridized carbons (Fsp3) is 0.167. The minimum Gasteiger partial charge on any atom is -0.326 e. The molecule has 3 rings (SSSR count). The van der Waals surface area contributed by atoms with Crippen LogP contribution in [-0.2, 0) is 11.2 Å². The predicted molar refractivity (Wildman–Crippen MR) is 92.0 cm³/mol. The molecule has 23 heavy (non-hydrogen) atoms. The van der Waals surface area contributed by atoms with Crippen molar-refractivity contribution in [3.05, 3.63) is 64.8 Å². The number of hydrogen-bond donors (Lipinski definition) is 1. The van der Waals surface area contributed by atoms with Crippen LogP contribution in [-0.4, -0.2) is 10.9 Å². The highest BCUT2D eigenvalue weighted by Gasteiger charge is 2.08. The van der Waals surface area contributed by atoms with Crippen LogP contribution in [0.25, 0.3) is 10.2 Å². The Balaban J connectivity index is 1.75. The van der Waals surface area contributed by atoms with Gasteiger partial charge >= 0.3 is 0 Å². The van der Waals surface area contributed by atoms with Gasteiger partial charge in [-0.15, -0.1) is 17.4 Å². The van der Waals surface area contributed by atoms with Gasteiger partial charge in [-0.05, 0) is 18.2 Å². The van der Waals surface area contributed by atoms with Gasteiger partial charge in [0, 0.05) is 17.9 Å². The van der Waals surface area contributed by atoms with Crippen LogP contribution in [0.5, 0.6) is 0 Å². The van der Waals surface area contributed by atoms with Gasteiger partial charge in [0.2, 0.25) is 5.91 Å². The molecule has 0 aliphatic heterocycles. The molecule has 1 N–H and O–H groups in total. The topological polar surface area (TPSA) is 42.0 Å². The van der Waals surface area contributed by atoms with Crippen molar-refractivity contribution in [3.63, 3.8) is 0 Å². The van der Waals surface area contributed by atoms with Crippen LogP contribution in [0.2, 0.25) is 0 Å². The number of carbonyl (C=O) groups is 1. The number of hydrogen-bond acceptors (Lipinski definition) is 3. The van der Waals surface area contributed by atoms with E-state index in [-0.39, 0.29) is 18.1 Å². The van der Waals surface area contributed by atoms with E-state index in [0.29, 0.717) is 16.8 Å². The summed E-state index contributed by atoms with van der Waals surface area (Å²) in [6.45, 7) is 3.71. The Kier molecular flexibility index (Phi) is 4.30. The Morgan fingerprint density at radius 1 is 1.30 bits per heavy atom. The van der Waals surface area contributed by atoms with Crippen molar-refractivity contribution in [2.75, 3.05) is 5.32 Å². The van der Waals surface area contributed by atoms with E-state index < -0.39 is 0 Å². The zero-order valence-corrected chi connectivity index (χ0v) is 13.7. The van der Waals surface area contributed by atoms with Gasteiger partial charge in [0.25, 0.3) is 0 Å². The van der Waals surface area contributed by atoms with E-state index in [1.807, 2.05) is 26.0 Å². The van der Waals surface area contributed by atoms with Gasteiger partial charge in [-0.2, -0.15) is 17.5 Å². The molecule has 0 atom stereocenters. The third kappa shape index (κ3) is 3.35. The second-order valence-corrected chi connectivity index (χ2v) is 6.42. The zero-order chi connectivity index (χ0) is 16.4. The fourth-order valence-corrected chi connectivity index (χ4v) is 3.13. The molecule has 3 nitrogen and oxygen atoms in total. The lowest BCUT2D eigenvalue weighted by atomic mass is 9.98. The first-order valence-electron chi connectivity index (χ1n) is 7.25. The molecule has 0 unspecified atom stereocenters. The molecule has 1 amide bonds. The Hall–Kier alpha value is -2.40. The van der Waals surface area contributed by atoms with Crippen molar-refractivity contribution in [2.45, 2.75) is 20.3 Å². The van der Waals surface area contributed by atoms with Crippen molar-refractivity contribution in [3.8, 4) is 0 Å². The molecule has 0 saturated heterocycles. The molecule has 0 spiro atoms. The summed E-state index contributed by atoms with van der Waals surface area (Å²) in [6, 6.07) is 10.7. The van der Waals surface area contributed by atoms with Crippen molar-refractivity contribution in [1.29, 1.82) is 0 Å². The number of rotatable bonds is 4. The van der Waals surface area contributed by atoms with Crippen LogP contribution in [0.3, 0.4) is 0 Å². The lowest BCUT2D eigenvalue weighted by Crippen LogP contribution is -2.15. The number of benzene rings is 2. The summed E-state index contributed by atoms with van der Waals surface area (Å²) in [5.74, 6) is 0.333. The first kappa shape index (κ1) is 15.5. The SMILES string of the molecule is C[C-](C)c1cccc(CC(=O)Nc2ccc3ncsc3c2)c1F. The lowest BCUT2D eigenvalue weighted by Gasteiger charge is -2.20. The van der Waals surface area contributed by atoms with Gasteiger partial charge in [-0.25, -0.2) is 4.98 Å². The maximum absolute atomic E-state index is 14.4. The molecule has 118 valence electrons. The molecular weight excluding hydrogens is 311 g/mol. The molecule has 0 aliphatic carbocycles. The fourth-order valence-electron chi connectivity index (χ4n) is 2.41. The van der Waals surface area contributed by atoms with Crippen molar-refractivity contribution in [1.82, 2.24) is 4.98 Å². The molecule has 1 aromatic heterocycles. The molecule has 0 fully saturated rings. The molecule has 0 radical (unpaired) electrons. The number of thiazole rings is 1. The molecule has 2 aromatic carbocycles. The highest BCUT2D eigenvalue weighted by atomic mass is 32.1. The largest absolute Gasteiger partial charge is 0.326 e. The summed E-state index contributed by atoms with van der Waals surface area (Å²) in [5.41, 5.74) is 4.32. The van der Waals surface area contributed by atoms with E-state index in [0.717, 1.165) is 16.1 Å². The number of amides is 1. The van der Waals surface area contributed by atoms with E-state index in [1.54, 1.807) is 29.8 Å². The Labute approximate surface area is 138 Å². The minimum atomic E-state index is -0.319. The molecule has 1 heterocycles. The summed E-state index contributed by atoms with van der Waals surface area (Å²) >= 11 is 1.51. The third-order valence-corrected chi connectivity index (χ3v) is 4.38. The lowest BCUT2D eigenvalue weighted by molar-refractivity contribution is -0.115. The van der Waals surface area contributed by atoms with Crippen LogP contribution in [0.1, 0.15) is 25.0 Å². The molecule has 0 bridgehead atoms. The van der Waals surface area contributed by atoms with Crippen LogP contribution in [0.4, 0.5) is 10.1 Å². The monoisotopic (exact) mass is 327 g/mol. The number of carbonyl (C=O) groups excluding carboxylic acids is 1. The standard InChI is InChI=1S/C18H16FN2OS/c1-11(2)14-5-3-4-12(18(14)19)8-17(22)21-13-6-7-15-16(9-13)23-10-20-15/h3-7,9-10H,8H2,1-2H3,(H,21,22)/q-1. The maximum Gasteiger partial charge on any atom is 0.227 e. The van der Waals surface area contributed by atoms with Gasteiger partial charge in [0.1, 0.15) is 0 Å². The number of anilines is 1. The van der Waals surface area contributed by atoms with Crippen molar-refractivity contribution < 1.29 is 9.18 Å². The van der Waals surface area contributed by atoms with Crippen LogP contribution in [0.15, 0.2) is 41.9 Å². The van der Waals surface area contributed by atoms with Crippen LogP contribution in [0, 0.1) is 11.7 Å². The number of aromatic nitrogens is 1. The smallest absolute Gasteiger partial charge is 0.227 e. The van der Waals surface area contributed by atoms with E-state index in [2.05, 4.69) is 10.3 Å². The van der Waals surface area contributed by atoms with Crippen molar-refractivity contribution in [2.24, 2.45) is 0 Å². The van der Waals surface area contributed by atoms with Gasteiger partial charge < -0.3 is 5.32 Å². The highest BCUT2D eigenvalue weighted by molar-refractivity contribution is 7.16. The average molecular weight is 327 g/mol. The number of halogens is 1. The average Bonchev–Trinajstić information content (AvgIpc) is 2.96. The van der Waals surface area contributed by atoms with Gasteiger partial charge in [0.05, 0.1) is 15.7 Å². The van der Waals surface area contributed by atoms with Gasteiger partial charge in [0.15, 0.2) is 0 Å². The van der Waals surface area contributed by atoms with E-state index in [1.165, 1.54) is 11.3 Å². The molecule has 0 saturated carbocycles. The Morgan fingerprint density at radius 3 is 2.91 bits per heavy atom. The summed E-state index contributed by atoms with van der Waals surface area (Å²) in [4.78, 5) is 16.4. The van der Waals surface area contributed by atoms with E-state index >= 15 is 0 Å². The summed E-state index contributed by atoms with van der Waals surface area (Å²) in [5, 5.41) is 2.81. The zero-order valence-electron chi connectivity index (χ0n) is 12.9. The predicted octanol–water partition coefficient (Wildman–Crippen LogP) is 4.58. The second kappa shape index (κ2) is 6.38. The van der Waals surface area contributed by atoms with Crippen molar-refractivity contribution >= 4 is 33.1 Å². The minimum absolute atomic E-state index is 0.00762. The molecule has 0 aliphatic rings. The maximum atomic E-state index is 14.4. The Morgan fingerprint density at radius 2 is 2.13 bits per heavy atom. The van der Waals surface area contributed by atoms with Gasteiger partial charge in [-0.1, -0.05) is 25.5 Å². The van der Waals surface area contributed by atoms with E-state index in [9.17, 15) is 9.18 Å². The van der Waals surface area contributed by atoms with Gasteiger partial charge in [-0.3, -0.25) is 9.18 Å². The number of fused-ring (bicyclic) bond motifs is 1. The third-order valence-electron chi connectivity index (χ3n) is 3.58. The summed E-state index contributed by atoms with van der Waals surface area (Å²) in [6.07, 6.45) is 0.00762. The Bertz CT molecular complexity index is 857. The quantitative estimate of drug-likeness (QED) is 0.713. The summed E-state index contributed by atoms with van der Waals surface area (Å²) in [7, 11) is 0. The number of nitrogens with zero attached hydrogens (tertiary/aromatic N) is 1. The first-order valence-corrected chi connectivity index (χ1v) is 8.13. The number of nitrogens with one attached hydrogen (secondary N) is 1. The molecule has 3 aromatic rings. The van der Waals surface area contributed by atoms with Crippen LogP contribution < -0.4 is 5.32 Å². The van der Waals surface area contributed by atoms with Crippen LogP contribution >= 0.6 is 11.3 Å².